The zero-order valence-electron chi connectivity index (χ0n) is 6.33. The fraction of sp³-hybridized carbons (Fsp3) is 0.200. The maximum atomic E-state index is 5.05. The van der Waals surface area contributed by atoms with Gasteiger partial charge in [-0.3, -0.25) is 0 Å². The fourth-order valence-electron chi connectivity index (χ4n) is 0.833. The van der Waals surface area contributed by atoms with Crippen molar-refractivity contribution in [2.45, 2.75) is 6.54 Å². The van der Waals surface area contributed by atoms with E-state index in [2.05, 4.69) is 11.2 Å². The van der Waals surface area contributed by atoms with Crippen molar-refractivity contribution in [3.8, 4) is 12.3 Å². The Bertz CT molecular complexity index is 233. The molecule has 55 valence electrons. The summed E-state index contributed by atoms with van der Waals surface area (Å²) in [6.07, 6.45) is 5.05. The van der Waals surface area contributed by atoms with Crippen molar-refractivity contribution >= 4 is 0 Å². The highest BCUT2D eigenvalue weighted by molar-refractivity contribution is 5.14. The normalized spacial score (nSPS) is 9.00. The van der Waals surface area contributed by atoms with Gasteiger partial charge in [-0.05, 0) is 5.56 Å². The van der Waals surface area contributed by atoms with Gasteiger partial charge in [0.1, 0.15) is 0 Å². The SMILES string of the molecule is C#CC[N]Cc1ccccc1. The molecule has 1 aromatic rings. The molecule has 11 heavy (non-hydrogen) atoms. The van der Waals surface area contributed by atoms with Crippen molar-refractivity contribution < 1.29 is 0 Å². The van der Waals surface area contributed by atoms with Crippen LogP contribution < -0.4 is 5.32 Å². The summed E-state index contributed by atoms with van der Waals surface area (Å²) in [5, 5.41) is 4.12. The zero-order chi connectivity index (χ0) is 7.94. The standard InChI is InChI=1S/C10H10N/c1-2-8-11-9-10-6-4-3-5-7-10/h1,3-7H,8-9H2. The molecule has 0 spiro atoms. The second-order valence-corrected chi connectivity index (χ2v) is 2.23. The molecule has 0 fully saturated rings. The number of terminal acetylenes is 1. The van der Waals surface area contributed by atoms with Gasteiger partial charge in [0.25, 0.3) is 0 Å². The molecule has 0 saturated heterocycles. The van der Waals surface area contributed by atoms with Crippen LogP contribution in [0.4, 0.5) is 0 Å². The van der Waals surface area contributed by atoms with Crippen LogP contribution in [0, 0.1) is 12.3 Å². The first kappa shape index (κ1) is 7.84. The van der Waals surface area contributed by atoms with Crippen LogP contribution in [0.2, 0.25) is 0 Å². The minimum atomic E-state index is 0.509. The number of rotatable bonds is 3. The molecule has 0 bridgehead atoms. The van der Waals surface area contributed by atoms with Crippen LogP contribution >= 0.6 is 0 Å². The van der Waals surface area contributed by atoms with Crippen LogP contribution in [0.1, 0.15) is 5.56 Å². The summed E-state index contributed by atoms with van der Waals surface area (Å²) in [5.74, 6) is 2.47. The van der Waals surface area contributed by atoms with E-state index in [-0.39, 0.29) is 0 Å². The van der Waals surface area contributed by atoms with Crippen molar-refractivity contribution in [1.82, 2.24) is 5.32 Å². The van der Waals surface area contributed by atoms with E-state index >= 15 is 0 Å². The van der Waals surface area contributed by atoms with E-state index in [4.69, 9.17) is 6.42 Å². The number of hydrogen-bond donors (Lipinski definition) is 0. The van der Waals surface area contributed by atoms with E-state index in [9.17, 15) is 0 Å². The molecular formula is C10H10N. The number of nitrogens with zero attached hydrogens (tertiary/aromatic N) is 1. The molecule has 1 aromatic carbocycles. The van der Waals surface area contributed by atoms with Crippen molar-refractivity contribution in [2.75, 3.05) is 6.54 Å². The van der Waals surface area contributed by atoms with Gasteiger partial charge in [-0.2, -0.15) is 0 Å². The Balaban J connectivity index is 2.35. The predicted octanol–water partition coefficient (Wildman–Crippen LogP) is 1.42. The van der Waals surface area contributed by atoms with E-state index in [1.165, 1.54) is 5.56 Å². The van der Waals surface area contributed by atoms with Crippen LogP contribution in [0.3, 0.4) is 0 Å². The zero-order valence-corrected chi connectivity index (χ0v) is 6.33. The maximum absolute atomic E-state index is 5.05. The molecule has 1 nitrogen and oxygen atoms in total. The minimum Gasteiger partial charge on any atom is -0.224 e. The van der Waals surface area contributed by atoms with E-state index < -0.39 is 0 Å². The minimum absolute atomic E-state index is 0.509. The van der Waals surface area contributed by atoms with Crippen LogP contribution in [-0.2, 0) is 6.54 Å². The number of hydrogen-bond acceptors (Lipinski definition) is 0. The van der Waals surface area contributed by atoms with Crippen LogP contribution in [0.5, 0.6) is 0 Å². The van der Waals surface area contributed by atoms with Crippen molar-refractivity contribution in [3.05, 3.63) is 35.9 Å². The Kier molecular flexibility index (Phi) is 3.24. The number of benzene rings is 1. The van der Waals surface area contributed by atoms with Gasteiger partial charge >= 0.3 is 0 Å². The van der Waals surface area contributed by atoms with E-state index in [1.54, 1.807) is 0 Å². The summed E-state index contributed by atoms with van der Waals surface area (Å²) in [4.78, 5) is 0. The first-order valence-corrected chi connectivity index (χ1v) is 3.54. The van der Waals surface area contributed by atoms with Gasteiger partial charge in [0.2, 0.25) is 0 Å². The quantitative estimate of drug-likeness (QED) is 0.450. The molecule has 0 atom stereocenters. The summed E-state index contributed by atoms with van der Waals surface area (Å²) < 4.78 is 0. The van der Waals surface area contributed by atoms with Gasteiger partial charge in [0.05, 0.1) is 6.54 Å². The third-order valence-electron chi connectivity index (χ3n) is 1.34. The van der Waals surface area contributed by atoms with Crippen LogP contribution in [0.15, 0.2) is 30.3 Å². The molecule has 0 N–H and O–H groups in total. The lowest BCUT2D eigenvalue weighted by Crippen LogP contribution is -2.03. The molecule has 0 amide bonds. The summed E-state index contributed by atoms with van der Waals surface area (Å²) in [7, 11) is 0. The molecule has 0 aliphatic carbocycles. The van der Waals surface area contributed by atoms with Crippen LogP contribution in [-0.4, -0.2) is 6.54 Å². The van der Waals surface area contributed by atoms with Gasteiger partial charge in [-0.1, -0.05) is 36.3 Å². The van der Waals surface area contributed by atoms with Gasteiger partial charge in [0.15, 0.2) is 0 Å². The molecule has 0 aliphatic heterocycles. The lowest BCUT2D eigenvalue weighted by Gasteiger charge is -1.96. The van der Waals surface area contributed by atoms with Gasteiger partial charge < -0.3 is 0 Å². The van der Waals surface area contributed by atoms with E-state index in [0.717, 1.165) is 6.54 Å². The molecule has 1 radical (unpaired) electrons. The molecule has 0 heterocycles. The highest BCUT2D eigenvalue weighted by Crippen LogP contribution is 1.96. The monoisotopic (exact) mass is 144 g/mol. The Labute approximate surface area is 67.4 Å². The topological polar surface area (TPSA) is 14.1 Å². The first-order valence-electron chi connectivity index (χ1n) is 3.54. The predicted molar refractivity (Wildman–Crippen MR) is 46.0 cm³/mol. The molecular weight excluding hydrogens is 134 g/mol. The largest absolute Gasteiger partial charge is 0.224 e. The highest BCUT2D eigenvalue weighted by Gasteiger charge is 1.88. The van der Waals surface area contributed by atoms with Crippen molar-refractivity contribution in [1.29, 1.82) is 0 Å². The second kappa shape index (κ2) is 4.54. The lowest BCUT2D eigenvalue weighted by atomic mass is 10.2. The van der Waals surface area contributed by atoms with Crippen molar-refractivity contribution in [3.63, 3.8) is 0 Å². The smallest absolute Gasteiger partial charge is 0.0746 e. The highest BCUT2D eigenvalue weighted by atomic mass is 14.8. The summed E-state index contributed by atoms with van der Waals surface area (Å²) in [6, 6.07) is 10.1. The van der Waals surface area contributed by atoms with E-state index in [0.29, 0.717) is 6.54 Å². The Morgan fingerprint density at radius 3 is 2.64 bits per heavy atom. The Morgan fingerprint density at radius 2 is 2.00 bits per heavy atom. The summed E-state index contributed by atoms with van der Waals surface area (Å²) in [5.41, 5.74) is 1.21. The Morgan fingerprint density at radius 1 is 1.27 bits per heavy atom. The third kappa shape index (κ3) is 2.88. The summed E-state index contributed by atoms with van der Waals surface area (Å²) >= 11 is 0. The Hall–Kier alpha value is -1.26. The van der Waals surface area contributed by atoms with Crippen molar-refractivity contribution in [2.24, 2.45) is 0 Å². The lowest BCUT2D eigenvalue weighted by molar-refractivity contribution is 0.753. The molecule has 1 rings (SSSR count). The molecule has 0 aliphatic rings. The van der Waals surface area contributed by atoms with Gasteiger partial charge in [-0.15, -0.1) is 6.42 Å². The molecule has 0 unspecified atom stereocenters. The van der Waals surface area contributed by atoms with Gasteiger partial charge in [-0.25, -0.2) is 5.32 Å². The molecule has 1 heteroatoms. The average Bonchev–Trinajstić information content (AvgIpc) is 2.07. The first-order chi connectivity index (χ1) is 5.43. The third-order valence-corrected chi connectivity index (χ3v) is 1.34. The second-order valence-electron chi connectivity index (χ2n) is 2.23. The van der Waals surface area contributed by atoms with Gasteiger partial charge in [0, 0.05) is 6.54 Å². The fourth-order valence-corrected chi connectivity index (χ4v) is 0.833. The van der Waals surface area contributed by atoms with E-state index in [1.807, 2.05) is 30.3 Å². The van der Waals surface area contributed by atoms with Crippen LogP contribution in [0.25, 0.3) is 0 Å². The average molecular weight is 144 g/mol. The summed E-state index contributed by atoms with van der Waals surface area (Å²) in [6.45, 7) is 1.24. The molecule has 0 aromatic heterocycles. The molecule has 0 saturated carbocycles. The maximum Gasteiger partial charge on any atom is 0.0746 e.